The number of amides is 1. The molecule has 1 aliphatic carbocycles. The topological polar surface area (TPSA) is 55.1 Å². The summed E-state index contributed by atoms with van der Waals surface area (Å²) in [5.41, 5.74) is 5.31. The van der Waals surface area contributed by atoms with Crippen LogP contribution in [-0.4, -0.2) is 16.4 Å². The van der Waals surface area contributed by atoms with E-state index in [9.17, 15) is 4.79 Å². The Balaban J connectivity index is 2.70. The van der Waals surface area contributed by atoms with Crippen molar-refractivity contribution in [3.05, 3.63) is 0 Å². The van der Waals surface area contributed by atoms with Crippen molar-refractivity contribution in [3.63, 3.8) is 0 Å². The second-order valence-electron chi connectivity index (χ2n) is 4.30. The van der Waals surface area contributed by atoms with Crippen molar-refractivity contribution in [3.8, 4) is 0 Å². The summed E-state index contributed by atoms with van der Waals surface area (Å²) in [5.74, 6) is 0.0292. The lowest BCUT2D eigenvalue weighted by atomic mass is 9.96. The van der Waals surface area contributed by atoms with Crippen molar-refractivity contribution in [1.82, 2.24) is 5.32 Å². The van der Waals surface area contributed by atoms with Crippen molar-refractivity contribution in [2.24, 2.45) is 11.7 Å². The van der Waals surface area contributed by atoms with Crippen molar-refractivity contribution >= 4 is 23.1 Å². The van der Waals surface area contributed by atoms with Crippen LogP contribution in [0.15, 0.2) is 0 Å². The zero-order valence-electron chi connectivity index (χ0n) is 8.80. The van der Waals surface area contributed by atoms with E-state index < -0.39 is 5.54 Å². The van der Waals surface area contributed by atoms with Gasteiger partial charge in [0.15, 0.2) is 0 Å². The first-order valence-electron chi connectivity index (χ1n) is 5.10. The Morgan fingerprint density at radius 2 is 1.93 bits per heavy atom. The average Bonchev–Trinajstić information content (AvgIpc) is 2.53. The zero-order valence-corrected chi connectivity index (χ0v) is 9.62. The predicted octanol–water partition coefficient (Wildman–Crippen LogP) is 1.36. The molecule has 0 aromatic carbocycles. The molecular weight excluding hydrogens is 196 g/mol. The maximum atomic E-state index is 11.6. The lowest BCUT2D eigenvalue weighted by Gasteiger charge is -2.29. The predicted molar refractivity (Wildman–Crippen MR) is 61.0 cm³/mol. The fraction of sp³-hybridized carbons (Fsp3) is 0.800. The highest BCUT2D eigenvalue weighted by molar-refractivity contribution is 7.80. The number of hydrogen-bond donors (Lipinski definition) is 2. The first-order chi connectivity index (χ1) is 6.48. The fourth-order valence-corrected chi connectivity index (χ4v) is 2.05. The molecule has 0 spiro atoms. The van der Waals surface area contributed by atoms with Crippen LogP contribution < -0.4 is 11.1 Å². The largest absolute Gasteiger partial charge is 0.391 e. The molecule has 0 bridgehead atoms. The molecule has 0 saturated heterocycles. The minimum Gasteiger partial charge on any atom is -0.391 e. The van der Waals surface area contributed by atoms with Gasteiger partial charge in [-0.25, -0.2) is 0 Å². The Hall–Kier alpha value is -0.640. The third-order valence-electron chi connectivity index (χ3n) is 2.82. The van der Waals surface area contributed by atoms with E-state index in [-0.39, 0.29) is 11.8 Å². The third kappa shape index (κ3) is 2.23. The van der Waals surface area contributed by atoms with E-state index in [0.29, 0.717) is 4.99 Å². The minimum absolute atomic E-state index is 0.0122. The van der Waals surface area contributed by atoms with E-state index in [2.05, 4.69) is 5.32 Å². The highest BCUT2D eigenvalue weighted by Gasteiger charge is 2.38. The smallest absolute Gasteiger partial charge is 0.223 e. The standard InChI is InChI=1S/C10H18N2OS/c1-7(2)8(13)12-10(9(11)14)5-3-4-6-10/h7H,3-6H2,1-2H3,(H2,11,14)(H,12,13). The molecule has 1 saturated carbocycles. The molecule has 1 aliphatic rings. The Labute approximate surface area is 90.4 Å². The number of nitrogens with one attached hydrogen (secondary N) is 1. The van der Waals surface area contributed by atoms with Crippen LogP contribution >= 0.6 is 12.2 Å². The van der Waals surface area contributed by atoms with Crippen LogP contribution in [0.2, 0.25) is 0 Å². The lowest BCUT2D eigenvalue weighted by Crippen LogP contribution is -2.55. The maximum Gasteiger partial charge on any atom is 0.223 e. The van der Waals surface area contributed by atoms with Crippen molar-refractivity contribution in [2.75, 3.05) is 0 Å². The average molecular weight is 214 g/mol. The third-order valence-corrected chi connectivity index (χ3v) is 3.21. The van der Waals surface area contributed by atoms with E-state index in [4.69, 9.17) is 18.0 Å². The molecule has 0 aromatic rings. The van der Waals surface area contributed by atoms with Crippen LogP contribution in [0.4, 0.5) is 0 Å². The summed E-state index contributed by atoms with van der Waals surface area (Å²) in [5, 5.41) is 2.99. The normalized spacial score (nSPS) is 19.6. The molecule has 0 aliphatic heterocycles. The molecule has 0 unspecified atom stereocenters. The SMILES string of the molecule is CC(C)C(=O)NC1(C(N)=S)CCCC1. The minimum atomic E-state index is -0.392. The van der Waals surface area contributed by atoms with Gasteiger partial charge in [0, 0.05) is 5.92 Å². The molecule has 3 N–H and O–H groups in total. The number of rotatable bonds is 3. The summed E-state index contributed by atoms with van der Waals surface area (Å²) in [6.45, 7) is 3.75. The van der Waals surface area contributed by atoms with E-state index in [0.717, 1.165) is 25.7 Å². The van der Waals surface area contributed by atoms with Gasteiger partial charge in [-0.3, -0.25) is 4.79 Å². The molecule has 3 nitrogen and oxygen atoms in total. The second-order valence-corrected chi connectivity index (χ2v) is 4.74. The van der Waals surface area contributed by atoms with Crippen LogP contribution in [0.1, 0.15) is 39.5 Å². The highest BCUT2D eigenvalue weighted by Crippen LogP contribution is 2.30. The molecule has 1 rings (SSSR count). The van der Waals surface area contributed by atoms with Gasteiger partial charge in [-0.2, -0.15) is 0 Å². The number of hydrogen-bond acceptors (Lipinski definition) is 2. The molecule has 80 valence electrons. The molecule has 14 heavy (non-hydrogen) atoms. The monoisotopic (exact) mass is 214 g/mol. The van der Waals surface area contributed by atoms with Gasteiger partial charge in [-0.15, -0.1) is 0 Å². The molecule has 0 atom stereocenters. The Morgan fingerprint density at radius 3 is 2.29 bits per heavy atom. The molecule has 4 heteroatoms. The molecule has 1 fully saturated rings. The van der Waals surface area contributed by atoms with Gasteiger partial charge < -0.3 is 11.1 Å². The van der Waals surface area contributed by atoms with Crippen LogP contribution in [0.5, 0.6) is 0 Å². The van der Waals surface area contributed by atoms with Crippen molar-refractivity contribution in [1.29, 1.82) is 0 Å². The van der Waals surface area contributed by atoms with Crippen molar-refractivity contribution < 1.29 is 4.79 Å². The van der Waals surface area contributed by atoms with Crippen LogP contribution in [0, 0.1) is 5.92 Å². The van der Waals surface area contributed by atoms with Gasteiger partial charge in [-0.1, -0.05) is 38.9 Å². The Morgan fingerprint density at radius 1 is 1.43 bits per heavy atom. The number of carbonyl (C=O) groups is 1. The van der Waals surface area contributed by atoms with Gasteiger partial charge in [0.1, 0.15) is 0 Å². The first kappa shape index (κ1) is 11.4. The second kappa shape index (κ2) is 4.26. The van der Waals surface area contributed by atoms with Crippen LogP contribution in [-0.2, 0) is 4.79 Å². The number of thiocarbonyl (C=S) groups is 1. The fourth-order valence-electron chi connectivity index (χ4n) is 1.79. The molecular formula is C10H18N2OS. The van der Waals surface area contributed by atoms with E-state index in [1.54, 1.807) is 0 Å². The van der Waals surface area contributed by atoms with Crippen LogP contribution in [0.3, 0.4) is 0 Å². The van der Waals surface area contributed by atoms with Gasteiger partial charge >= 0.3 is 0 Å². The van der Waals surface area contributed by atoms with Gasteiger partial charge in [0.2, 0.25) is 5.91 Å². The van der Waals surface area contributed by atoms with E-state index in [1.165, 1.54) is 0 Å². The summed E-state index contributed by atoms with van der Waals surface area (Å²) >= 11 is 5.04. The molecule has 0 radical (unpaired) electrons. The molecule has 0 heterocycles. The number of nitrogens with two attached hydrogens (primary N) is 1. The summed E-state index contributed by atoms with van der Waals surface area (Å²) in [7, 11) is 0. The summed E-state index contributed by atoms with van der Waals surface area (Å²) in [6, 6.07) is 0. The lowest BCUT2D eigenvalue weighted by molar-refractivity contribution is -0.125. The Kier molecular flexibility index (Phi) is 3.48. The maximum absolute atomic E-state index is 11.6. The quantitative estimate of drug-likeness (QED) is 0.697. The first-order valence-corrected chi connectivity index (χ1v) is 5.51. The van der Waals surface area contributed by atoms with E-state index >= 15 is 0 Å². The zero-order chi connectivity index (χ0) is 10.8. The van der Waals surface area contributed by atoms with Gasteiger partial charge in [0.05, 0.1) is 10.5 Å². The Bertz CT molecular complexity index is 245. The molecule has 1 amide bonds. The highest BCUT2D eigenvalue weighted by atomic mass is 32.1. The number of carbonyl (C=O) groups excluding carboxylic acids is 1. The van der Waals surface area contributed by atoms with Gasteiger partial charge in [0.25, 0.3) is 0 Å². The summed E-state index contributed by atoms with van der Waals surface area (Å²) in [6.07, 6.45) is 3.97. The van der Waals surface area contributed by atoms with Crippen LogP contribution in [0.25, 0.3) is 0 Å². The van der Waals surface area contributed by atoms with Gasteiger partial charge in [-0.05, 0) is 12.8 Å². The molecule has 0 aromatic heterocycles. The van der Waals surface area contributed by atoms with E-state index in [1.807, 2.05) is 13.8 Å². The van der Waals surface area contributed by atoms with Crippen molar-refractivity contribution in [2.45, 2.75) is 45.1 Å². The summed E-state index contributed by atoms with van der Waals surface area (Å²) < 4.78 is 0. The summed E-state index contributed by atoms with van der Waals surface area (Å²) in [4.78, 5) is 12.0.